The molecule has 3 aromatic carbocycles. The molecule has 4 amide bonds. The second-order valence-corrected chi connectivity index (χ2v) is 7.82. The van der Waals surface area contributed by atoms with E-state index in [9.17, 15) is 22.8 Å². The monoisotopic (exact) mass is 510 g/mol. The maximum atomic E-state index is 13.2. The van der Waals surface area contributed by atoms with Gasteiger partial charge in [-0.15, -0.1) is 0 Å². The topological polar surface area (TPSA) is 73.5 Å². The number of halogens is 5. The summed E-state index contributed by atoms with van der Waals surface area (Å²) in [5, 5.41) is 8.34. The Bertz CT molecular complexity index is 1160. The lowest BCUT2D eigenvalue weighted by Gasteiger charge is -2.24. The van der Waals surface area contributed by atoms with Gasteiger partial charge in [0.15, 0.2) is 0 Å². The van der Waals surface area contributed by atoms with Crippen molar-refractivity contribution in [3.05, 3.63) is 88.4 Å². The van der Waals surface area contributed by atoms with Crippen LogP contribution in [0.15, 0.2) is 72.8 Å². The average molecular weight is 511 g/mol. The summed E-state index contributed by atoms with van der Waals surface area (Å²) in [4.78, 5) is 26.2. The number of nitrogens with zero attached hydrogens (tertiary/aromatic N) is 1. The van der Waals surface area contributed by atoms with Gasteiger partial charge in [-0.2, -0.15) is 13.2 Å². The zero-order valence-corrected chi connectivity index (χ0v) is 19.0. The summed E-state index contributed by atoms with van der Waals surface area (Å²) in [5.41, 5.74) is -0.0129. The molecule has 0 spiro atoms. The fourth-order valence-electron chi connectivity index (χ4n) is 2.94. The van der Waals surface area contributed by atoms with E-state index in [1.54, 1.807) is 36.4 Å². The third-order valence-corrected chi connectivity index (χ3v) is 5.29. The van der Waals surface area contributed by atoms with E-state index < -0.39 is 23.8 Å². The van der Waals surface area contributed by atoms with Crippen LogP contribution in [0.2, 0.25) is 10.0 Å². The van der Waals surface area contributed by atoms with Crippen LogP contribution in [0.4, 0.5) is 39.8 Å². The van der Waals surface area contributed by atoms with Gasteiger partial charge in [-0.05, 0) is 48.5 Å². The first-order valence-electron chi connectivity index (χ1n) is 9.94. The summed E-state index contributed by atoms with van der Waals surface area (Å²) < 4.78 is 39.6. The third kappa shape index (κ3) is 7.03. The van der Waals surface area contributed by atoms with Gasteiger partial charge in [0.1, 0.15) is 0 Å². The summed E-state index contributed by atoms with van der Waals surface area (Å²) >= 11 is 11.8. The molecule has 178 valence electrons. The van der Waals surface area contributed by atoms with Gasteiger partial charge >= 0.3 is 18.2 Å². The van der Waals surface area contributed by atoms with Crippen LogP contribution in [0.5, 0.6) is 0 Å². The highest BCUT2D eigenvalue weighted by molar-refractivity contribution is 6.42. The van der Waals surface area contributed by atoms with Crippen molar-refractivity contribution < 1.29 is 22.8 Å². The normalized spacial score (nSPS) is 11.0. The predicted octanol–water partition coefficient (Wildman–Crippen LogP) is 6.87. The second-order valence-electron chi connectivity index (χ2n) is 7.01. The number of anilines is 3. The molecule has 0 radical (unpaired) electrons. The van der Waals surface area contributed by atoms with Crippen molar-refractivity contribution in [2.75, 3.05) is 28.6 Å². The minimum atomic E-state index is -4.57. The van der Waals surface area contributed by atoms with Gasteiger partial charge in [0, 0.05) is 30.2 Å². The van der Waals surface area contributed by atoms with Crippen molar-refractivity contribution in [3.63, 3.8) is 0 Å². The molecular formula is C23H19Cl2F3N4O2. The first-order valence-corrected chi connectivity index (χ1v) is 10.7. The molecule has 0 bridgehead atoms. The van der Waals surface area contributed by atoms with E-state index in [4.69, 9.17) is 23.2 Å². The maximum absolute atomic E-state index is 13.2. The SMILES string of the molecule is O=C(NCCN(C(=O)Nc1ccccc1)c1cccc(C(F)(F)F)c1)Nc1ccc(Cl)c(Cl)c1. The summed E-state index contributed by atoms with van der Waals surface area (Å²) in [6.45, 7) is -0.152. The summed E-state index contributed by atoms with van der Waals surface area (Å²) in [5.74, 6) is 0. The van der Waals surface area contributed by atoms with Crippen molar-refractivity contribution in [2.24, 2.45) is 0 Å². The summed E-state index contributed by atoms with van der Waals surface area (Å²) in [7, 11) is 0. The lowest BCUT2D eigenvalue weighted by Crippen LogP contribution is -2.42. The van der Waals surface area contributed by atoms with Crippen molar-refractivity contribution in [1.82, 2.24) is 5.32 Å². The standard InChI is InChI=1S/C23H19Cl2F3N4O2/c24-19-10-9-17(14-20(19)25)30-21(33)29-11-12-32(22(34)31-16-6-2-1-3-7-16)18-8-4-5-15(13-18)23(26,27)28/h1-10,13-14H,11-12H2,(H,31,34)(H2,29,30,33). The number of nitrogens with one attached hydrogen (secondary N) is 3. The van der Waals surface area contributed by atoms with Crippen molar-refractivity contribution >= 4 is 52.3 Å². The Morgan fingerprint density at radius 2 is 1.56 bits per heavy atom. The number of alkyl halides is 3. The highest BCUT2D eigenvalue weighted by atomic mass is 35.5. The van der Waals surface area contributed by atoms with E-state index in [0.29, 0.717) is 16.4 Å². The highest BCUT2D eigenvalue weighted by Gasteiger charge is 2.31. The molecule has 0 aromatic heterocycles. The van der Waals surface area contributed by atoms with Crippen LogP contribution < -0.4 is 20.9 Å². The molecule has 0 aliphatic carbocycles. The van der Waals surface area contributed by atoms with Crippen LogP contribution in [0.1, 0.15) is 5.56 Å². The fraction of sp³-hybridized carbons (Fsp3) is 0.130. The predicted molar refractivity (Wildman–Crippen MR) is 128 cm³/mol. The van der Waals surface area contributed by atoms with E-state index in [1.165, 1.54) is 24.3 Å². The molecule has 0 aliphatic heterocycles. The van der Waals surface area contributed by atoms with Crippen LogP contribution in [0.3, 0.4) is 0 Å². The van der Waals surface area contributed by atoms with Crippen LogP contribution in [0, 0.1) is 0 Å². The Morgan fingerprint density at radius 3 is 2.24 bits per heavy atom. The van der Waals surface area contributed by atoms with Gasteiger partial charge in [0.25, 0.3) is 0 Å². The highest BCUT2D eigenvalue weighted by Crippen LogP contribution is 2.32. The third-order valence-electron chi connectivity index (χ3n) is 4.55. The first-order chi connectivity index (χ1) is 16.1. The van der Waals surface area contributed by atoms with Gasteiger partial charge in [-0.25, -0.2) is 9.59 Å². The molecule has 0 saturated heterocycles. The zero-order chi connectivity index (χ0) is 24.7. The maximum Gasteiger partial charge on any atom is 0.416 e. The lowest BCUT2D eigenvalue weighted by atomic mass is 10.2. The number of rotatable bonds is 6. The molecule has 0 saturated carbocycles. The number of amides is 4. The van der Waals surface area contributed by atoms with Crippen molar-refractivity contribution in [1.29, 1.82) is 0 Å². The van der Waals surface area contributed by atoms with E-state index in [1.807, 2.05) is 0 Å². The molecule has 3 rings (SSSR count). The number of para-hydroxylation sites is 1. The zero-order valence-electron chi connectivity index (χ0n) is 17.5. The molecular weight excluding hydrogens is 492 g/mol. The molecule has 34 heavy (non-hydrogen) atoms. The summed E-state index contributed by atoms with van der Waals surface area (Å²) in [6.07, 6.45) is -4.57. The second kappa shape index (κ2) is 11.1. The van der Waals surface area contributed by atoms with Crippen LogP contribution in [-0.4, -0.2) is 25.2 Å². The van der Waals surface area contributed by atoms with Crippen LogP contribution in [-0.2, 0) is 6.18 Å². The van der Waals surface area contributed by atoms with Gasteiger partial charge in [-0.1, -0.05) is 47.5 Å². The van der Waals surface area contributed by atoms with Crippen molar-refractivity contribution in [2.45, 2.75) is 6.18 Å². The van der Waals surface area contributed by atoms with Gasteiger partial charge in [0.05, 0.1) is 15.6 Å². The lowest BCUT2D eigenvalue weighted by molar-refractivity contribution is -0.137. The minimum absolute atomic E-state index is 0.0231. The Labute approximate surface area is 203 Å². The molecule has 3 N–H and O–H groups in total. The number of hydrogen-bond donors (Lipinski definition) is 3. The average Bonchev–Trinajstić information content (AvgIpc) is 2.79. The number of hydrogen-bond acceptors (Lipinski definition) is 2. The minimum Gasteiger partial charge on any atom is -0.336 e. The van der Waals surface area contributed by atoms with E-state index in [2.05, 4.69) is 16.0 Å². The molecule has 0 heterocycles. The smallest absolute Gasteiger partial charge is 0.336 e. The van der Waals surface area contributed by atoms with Gasteiger partial charge in [0.2, 0.25) is 0 Å². The van der Waals surface area contributed by atoms with Gasteiger partial charge < -0.3 is 16.0 Å². The number of urea groups is 2. The molecule has 0 atom stereocenters. The van der Waals surface area contributed by atoms with Crippen LogP contribution >= 0.6 is 23.2 Å². The Morgan fingerprint density at radius 1 is 0.824 bits per heavy atom. The van der Waals surface area contributed by atoms with E-state index >= 15 is 0 Å². The Hall–Kier alpha value is -3.43. The number of carbonyl (C=O) groups excluding carboxylic acids is 2. The molecule has 11 heteroatoms. The first kappa shape index (κ1) is 25.2. The largest absolute Gasteiger partial charge is 0.416 e. The van der Waals surface area contributed by atoms with Gasteiger partial charge in [-0.3, -0.25) is 4.90 Å². The molecule has 0 unspecified atom stereocenters. The molecule has 0 aliphatic rings. The Kier molecular flexibility index (Phi) is 8.25. The van der Waals surface area contributed by atoms with E-state index in [0.717, 1.165) is 17.0 Å². The van der Waals surface area contributed by atoms with Crippen LogP contribution in [0.25, 0.3) is 0 Å². The number of carbonyl (C=O) groups is 2. The van der Waals surface area contributed by atoms with E-state index in [-0.39, 0.29) is 23.8 Å². The van der Waals surface area contributed by atoms with Crippen molar-refractivity contribution in [3.8, 4) is 0 Å². The quantitative estimate of drug-likeness (QED) is 0.338. The summed E-state index contributed by atoms with van der Waals surface area (Å²) in [6, 6.07) is 16.1. The Balaban J connectivity index is 1.71. The number of benzene rings is 3. The fourth-order valence-corrected chi connectivity index (χ4v) is 3.24. The molecule has 6 nitrogen and oxygen atoms in total. The molecule has 3 aromatic rings. The molecule has 0 fully saturated rings.